The Labute approximate surface area is 76.3 Å². The summed E-state index contributed by atoms with van der Waals surface area (Å²) < 4.78 is 11.1. The maximum Gasteiger partial charge on any atom is 0.163 e. The molecule has 0 amide bonds. The van der Waals surface area contributed by atoms with Crippen molar-refractivity contribution in [1.82, 2.24) is 0 Å². The number of rotatable bonds is 5. The second kappa shape index (κ2) is 4.83. The van der Waals surface area contributed by atoms with Crippen molar-refractivity contribution in [3.05, 3.63) is 0 Å². The standard InChI is InChI=1S/C10H22O2/c1-8(2)7-11-10(5,6)12-9(3)4/h8-9H,7H2,1-6H3. The molecule has 0 atom stereocenters. The summed E-state index contributed by atoms with van der Waals surface area (Å²) in [7, 11) is 0. The number of hydrogen-bond acceptors (Lipinski definition) is 2. The summed E-state index contributed by atoms with van der Waals surface area (Å²) in [5.74, 6) is 0.110. The topological polar surface area (TPSA) is 18.5 Å². The highest BCUT2D eigenvalue weighted by molar-refractivity contribution is 4.56. The van der Waals surface area contributed by atoms with Gasteiger partial charge in [0.15, 0.2) is 5.79 Å². The molecule has 0 N–H and O–H groups in total. The molecule has 74 valence electrons. The van der Waals surface area contributed by atoms with Gasteiger partial charge in [0.25, 0.3) is 0 Å². The molecule has 0 aliphatic carbocycles. The Kier molecular flexibility index (Phi) is 4.80. The molecule has 0 saturated carbocycles. The Morgan fingerprint density at radius 2 is 1.58 bits per heavy atom. The summed E-state index contributed by atoms with van der Waals surface area (Å²) in [5, 5.41) is 0. The van der Waals surface area contributed by atoms with Gasteiger partial charge in [-0.1, -0.05) is 13.8 Å². The van der Waals surface area contributed by atoms with Crippen LogP contribution in [-0.2, 0) is 9.47 Å². The minimum Gasteiger partial charge on any atom is -0.350 e. The van der Waals surface area contributed by atoms with E-state index in [1.807, 2.05) is 27.7 Å². The fourth-order valence-electron chi connectivity index (χ4n) is 0.969. The van der Waals surface area contributed by atoms with E-state index in [1.165, 1.54) is 0 Å². The predicted molar refractivity (Wildman–Crippen MR) is 51.1 cm³/mol. The van der Waals surface area contributed by atoms with Crippen molar-refractivity contribution in [3.63, 3.8) is 0 Å². The van der Waals surface area contributed by atoms with E-state index >= 15 is 0 Å². The lowest BCUT2D eigenvalue weighted by atomic mass is 10.2. The molecule has 0 aromatic carbocycles. The molecule has 0 fully saturated rings. The minimum absolute atomic E-state index is 0.215. The SMILES string of the molecule is CC(C)COC(C)(C)OC(C)C. The molecule has 0 bridgehead atoms. The zero-order chi connectivity index (χ0) is 9.78. The second-order valence-electron chi connectivity index (χ2n) is 4.27. The van der Waals surface area contributed by atoms with Gasteiger partial charge in [0.2, 0.25) is 0 Å². The molecule has 0 radical (unpaired) electrons. The van der Waals surface area contributed by atoms with Crippen LogP contribution in [0.25, 0.3) is 0 Å². The van der Waals surface area contributed by atoms with E-state index in [1.54, 1.807) is 0 Å². The first-order chi connectivity index (χ1) is 5.33. The molecule has 2 nitrogen and oxygen atoms in total. The molecule has 12 heavy (non-hydrogen) atoms. The third-order valence-electron chi connectivity index (χ3n) is 1.28. The maximum atomic E-state index is 5.58. The van der Waals surface area contributed by atoms with Gasteiger partial charge in [-0.3, -0.25) is 0 Å². The zero-order valence-electron chi connectivity index (χ0n) is 9.18. The third kappa shape index (κ3) is 6.62. The molecule has 0 aliphatic rings. The molecule has 0 aromatic rings. The monoisotopic (exact) mass is 174 g/mol. The van der Waals surface area contributed by atoms with E-state index < -0.39 is 5.79 Å². The van der Waals surface area contributed by atoms with Crippen LogP contribution in [0.3, 0.4) is 0 Å². The first-order valence-corrected chi connectivity index (χ1v) is 4.65. The van der Waals surface area contributed by atoms with Crippen LogP contribution in [-0.4, -0.2) is 18.5 Å². The van der Waals surface area contributed by atoms with Crippen LogP contribution in [0.2, 0.25) is 0 Å². The summed E-state index contributed by atoms with van der Waals surface area (Å²) >= 11 is 0. The lowest BCUT2D eigenvalue weighted by molar-refractivity contribution is -0.234. The first kappa shape index (κ1) is 11.9. The van der Waals surface area contributed by atoms with E-state index in [0.29, 0.717) is 5.92 Å². The second-order valence-corrected chi connectivity index (χ2v) is 4.27. The first-order valence-electron chi connectivity index (χ1n) is 4.65. The summed E-state index contributed by atoms with van der Waals surface area (Å²) in [6.07, 6.45) is 0.215. The molecule has 2 heteroatoms. The van der Waals surface area contributed by atoms with Crippen LogP contribution >= 0.6 is 0 Å². The maximum absolute atomic E-state index is 5.58. The molecule has 0 rings (SSSR count). The normalized spacial score (nSPS) is 13.0. The minimum atomic E-state index is -0.446. The molecule has 0 spiro atoms. The molecule has 0 heterocycles. The van der Waals surface area contributed by atoms with Crippen LogP contribution in [0.5, 0.6) is 0 Å². The van der Waals surface area contributed by atoms with Gasteiger partial charge < -0.3 is 9.47 Å². The molecular weight excluding hydrogens is 152 g/mol. The highest BCUT2D eigenvalue weighted by atomic mass is 16.7. The van der Waals surface area contributed by atoms with Crippen molar-refractivity contribution in [2.24, 2.45) is 5.92 Å². The number of ether oxygens (including phenoxy) is 2. The predicted octanol–water partition coefficient (Wildman–Crippen LogP) is 2.82. The molecule has 0 unspecified atom stereocenters. The van der Waals surface area contributed by atoms with Crippen LogP contribution in [0.4, 0.5) is 0 Å². The van der Waals surface area contributed by atoms with Crippen molar-refractivity contribution < 1.29 is 9.47 Å². The zero-order valence-corrected chi connectivity index (χ0v) is 9.18. The van der Waals surface area contributed by atoms with Gasteiger partial charge in [-0.25, -0.2) is 0 Å². The average molecular weight is 174 g/mol. The Hall–Kier alpha value is -0.0800. The smallest absolute Gasteiger partial charge is 0.163 e. The number of hydrogen-bond donors (Lipinski definition) is 0. The van der Waals surface area contributed by atoms with Crippen molar-refractivity contribution in [3.8, 4) is 0 Å². The van der Waals surface area contributed by atoms with E-state index in [-0.39, 0.29) is 6.10 Å². The molecule has 0 aromatic heterocycles. The lowest BCUT2D eigenvalue weighted by Crippen LogP contribution is -2.32. The quantitative estimate of drug-likeness (QED) is 0.597. The van der Waals surface area contributed by atoms with E-state index in [4.69, 9.17) is 9.47 Å². The third-order valence-corrected chi connectivity index (χ3v) is 1.28. The van der Waals surface area contributed by atoms with Crippen molar-refractivity contribution in [2.45, 2.75) is 53.4 Å². The van der Waals surface area contributed by atoms with Gasteiger partial charge in [-0.15, -0.1) is 0 Å². The van der Waals surface area contributed by atoms with Gasteiger partial charge in [-0.05, 0) is 33.6 Å². The fraction of sp³-hybridized carbons (Fsp3) is 1.00. The average Bonchev–Trinajstić information content (AvgIpc) is 1.81. The van der Waals surface area contributed by atoms with Crippen molar-refractivity contribution in [2.75, 3.05) is 6.61 Å². The Balaban J connectivity index is 3.71. The highest BCUT2D eigenvalue weighted by Gasteiger charge is 2.20. The van der Waals surface area contributed by atoms with Gasteiger partial charge >= 0.3 is 0 Å². The molecule has 0 saturated heterocycles. The summed E-state index contributed by atoms with van der Waals surface area (Å²) in [5.41, 5.74) is 0. The molecule has 0 aliphatic heterocycles. The van der Waals surface area contributed by atoms with Crippen LogP contribution in [0, 0.1) is 5.92 Å². The molecular formula is C10H22O2. The summed E-state index contributed by atoms with van der Waals surface area (Å²) in [6.45, 7) is 12.9. The van der Waals surface area contributed by atoms with E-state index in [0.717, 1.165) is 6.61 Å². The Morgan fingerprint density at radius 1 is 1.08 bits per heavy atom. The van der Waals surface area contributed by atoms with Gasteiger partial charge in [0, 0.05) is 0 Å². The summed E-state index contributed by atoms with van der Waals surface area (Å²) in [6, 6.07) is 0. The fourth-order valence-corrected chi connectivity index (χ4v) is 0.969. The van der Waals surface area contributed by atoms with Crippen LogP contribution < -0.4 is 0 Å². The largest absolute Gasteiger partial charge is 0.350 e. The van der Waals surface area contributed by atoms with Crippen molar-refractivity contribution in [1.29, 1.82) is 0 Å². The van der Waals surface area contributed by atoms with E-state index in [9.17, 15) is 0 Å². The van der Waals surface area contributed by atoms with Crippen LogP contribution in [0.15, 0.2) is 0 Å². The Bertz CT molecular complexity index is 117. The van der Waals surface area contributed by atoms with E-state index in [2.05, 4.69) is 13.8 Å². The van der Waals surface area contributed by atoms with Gasteiger partial charge in [0.1, 0.15) is 0 Å². The Morgan fingerprint density at radius 3 is 1.92 bits per heavy atom. The van der Waals surface area contributed by atoms with Crippen LogP contribution in [0.1, 0.15) is 41.5 Å². The highest BCUT2D eigenvalue weighted by Crippen LogP contribution is 2.15. The van der Waals surface area contributed by atoms with Crippen molar-refractivity contribution >= 4 is 0 Å². The summed E-state index contributed by atoms with van der Waals surface area (Å²) in [4.78, 5) is 0. The van der Waals surface area contributed by atoms with Gasteiger partial charge in [-0.2, -0.15) is 0 Å². The van der Waals surface area contributed by atoms with Gasteiger partial charge in [0.05, 0.1) is 12.7 Å². The lowest BCUT2D eigenvalue weighted by Gasteiger charge is -2.28.